The zero-order chi connectivity index (χ0) is 14.7. The van der Waals surface area contributed by atoms with Gasteiger partial charge in [0.05, 0.1) is 11.1 Å². The number of aromatic nitrogens is 2. The zero-order valence-electron chi connectivity index (χ0n) is 11.5. The van der Waals surface area contributed by atoms with E-state index in [-0.39, 0.29) is 0 Å². The van der Waals surface area contributed by atoms with Gasteiger partial charge >= 0.3 is 0 Å². The molecule has 0 aromatic carbocycles. The summed E-state index contributed by atoms with van der Waals surface area (Å²) in [7, 11) is 0. The Hall–Kier alpha value is -2.83. The van der Waals surface area contributed by atoms with Crippen LogP contribution in [0.1, 0.15) is 11.1 Å². The number of nitriles is 2. The summed E-state index contributed by atoms with van der Waals surface area (Å²) in [5.41, 5.74) is 0.853. The largest absolute Gasteiger partial charge is 0.353 e. The molecule has 0 amide bonds. The van der Waals surface area contributed by atoms with E-state index >= 15 is 0 Å². The van der Waals surface area contributed by atoms with Gasteiger partial charge in [0.25, 0.3) is 0 Å². The number of rotatable bonds is 2. The lowest BCUT2D eigenvalue weighted by atomic mass is 10.1. The van der Waals surface area contributed by atoms with Gasteiger partial charge in [0.15, 0.2) is 5.82 Å². The lowest BCUT2D eigenvalue weighted by molar-refractivity contribution is 0.584. The van der Waals surface area contributed by atoms with Crippen LogP contribution in [0.25, 0.3) is 5.82 Å². The van der Waals surface area contributed by atoms with Crippen molar-refractivity contribution in [2.75, 3.05) is 31.1 Å². The Morgan fingerprint density at radius 1 is 1.00 bits per heavy atom. The van der Waals surface area contributed by atoms with Crippen molar-refractivity contribution in [2.45, 2.75) is 0 Å². The number of anilines is 1. The summed E-state index contributed by atoms with van der Waals surface area (Å²) in [4.78, 5) is 6.68. The van der Waals surface area contributed by atoms with Gasteiger partial charge in [0, 0.05) is 38.6 Å². The molecule has 6 heteroatoms. The third-order valence-electron chi connectivity index (χ3n) is 3.49. The van der Waals surface area contributed by atoms with Crippen LogP contribution in [0, 0.1) is 22.7 Å². The Kier molecular flexibility index (Phi) is 3.55. The molecule has 3 rings (SSSR count). The van der Waals surface area contributed by atoms with E-state index in [9.17, 15) is 10.5 Å². The summed E-state index contributed by atoms with van der Waals surface area (Å²) < 4.78 is 1.80. The van der Waals surface area contributed by atoms with Crippen LogP contribution in [-0.4, -0.2) is 35.7 Å². The predicted octanol–water partition coefficient (Wildman–Crippen LogP) is 1.03. The molecule has 0 spiro atoms. The molecule has 0 atom stereocenters. The molecule has 0 bridgehead atoms. The highest BCUT2D eigenvalue weighted by Crippen LogP contribution is 2.23. The SMILES string of the molecule is N#Cc1cc(C#N)c(-n2cccc2)nc1N1CCNCC1. The zero-order valence-corrected chi connectivity index (χ0v) is 11.5. The smallest absolute Gasteiger partial charge is 0.157 e. The average molecular weight is 278 g/mol. The fourth-order valence-corrected chi connectivity index (χ4v) is 2.45. The Balaban J connectivity index is 2.13. The monoisotopic (exact) mass is 278 g/mol. The molecule has 1 aliphatic heterocycles. The maximum Gasteiger partial charge on any atom is 0.157 e. The number of hydrogen-bond acceptors (Lipinski definition) is 5. The second kappa shape index (κ2) is 5.66. The third-order valence-corrected chi connectivity index (χ3v) is 3.49. The minimum atomic E-state index is 0.404. The molecule has 104 valence electrons. The van der Waals surface area contributed by atoms with E-state index in [4.69, 9.17) is 0 Å². The van der Waals surface area contributed by atoms with Crippen LogP contribution in [0.3, 0.4) is 0 Å². The van der Waals surface area contributed by atoms with Crippen molar-refractivity contribution in [1.29, 1.82) is 10.5 Å². The maximum absolute atomic E-state index is 9.34. The Morgan fingerprint density at radius 3 is 2.24 bits per heavy atom. The topological polar surface area (TPSA) is 80.7 Å². The first-order valence-electron chi connectivity index (χ1n) is 6.77. The van der Waals surface area contributed by atoms with Crippen LogP contribution in [0.4, 0.5) is 5.82 Å². The molecule has 1 fully saturated rings. The molecule has 6 nitrogen and oxygen atoms in total. The molecule has 3 heterocycles. The van der Waals surface area contributed by atoms with Crippen LogP contribution < -0.4 is 10.2 Å². The van der Waals surface area contributed by atoms with Gasteiger partial charge in [0.2, 0.25) is 0 Å². The minimum absolute atomic E-state index is 0.404. The lowest BCUT2D eigenvalue weighted by Gasteiger charge is -2.29. The van der Waals surface area contributed by atoms with Crippen LogP contribution >= 0.6 is 0 Å². The number of piperazine rings is 1. The lowest BCUT2D eigenvalue weighted by Crippen LogP contribution is -2.44. The molecular formula is C15H14N6. The van der Waals surface area contributed by atoms with Gasteiger partial charge in [-0.15, -0.1) is 0 Å². The highest BCUT2D eigenvalue weighted by Gasteiger charge is 2.19. The van der Waals surface area contributed by atoms with Gasteiger partial charge in [-0.1, -0.05) is 0 Å². The highest BCUT2D eigenvalue weighted by atomic mass is 15.2. The minimum Gasteiger partial charge on any atom is -0.353 e. The highest BCUT2D eigenvalue weighted by molar-refractivity contribution is 5.61. The second-order valence-corrected chi connectivity index (χ2v) is 4.78. The van der Waals surface area contributed by atoms with E-state index in [1.165, 1.54) is 0 Å². The number of nitrogens with one attached hydrogen (secondary N) is 1. The van der Waals surface area contributed by atoms with Gasteiger partial charge in [-0.05, 0) is 18.2 Å². The molecule has 0 saturated carbocycles. The first kappa shape index (κ1) is 13.2. The first-order chi connectivity index (χ1) is 10.3. The molecule has 0 aliphatic carbocycles. The molecule has 1 saturated heterocycles. The summed E-state index contributed by atoms with van der Waals surface area (Å²) in [6.45, 7) is 3.34. The van der Waals surface area contributed by atoms with Crippen LogP contribution in [-0.2, 0) is 0 Å². The third kappa shape index (κ3) is 2.45. The van der Waals surface area contributed by atoms with E-state index in [0.29, 0.717) is 22.8 Å². The maximum atomic E-state index is 9.34. The molecule has 2 aromatic heterocycles. The van der Waals surface area contributed by atoms with E-state index in [1.54, 1.807) is 10.6 Å². The van der Waals surface area contributed by atoms with Crippen LogP contribution in [0.2, 0.25) is 0 Å². The van der Waals surface area contributed by atoms with E-state index in [1.807, 2.05) is 24.5 Å². The summed E-state index contributed by atoms with van der Waals surface area (Å²) in [5.74, 6) is 1.22. The van der Waals surface area contributed by atoms with Gasteiger partial charge < -0.3 is 14.8 Å². The Morgan fingerprint density at radius 2 is 1.62 bits per heavy atom. The summed E-state index contributed by atoms with van der Waals surface area (Å²) in [6.07, 6.45) is 3.69. The van der Waals surface area contributed by atoms with E-state index in [2.05, 4.69) is 27.3 Å². The van der Waals surface area contributed by atoms with Crippen LogP contribution in [0.15, 0.2) is 30.6 Å². The summed E-state index contributed by atoms with van der Waals surface area (Å²) >= 11 is 0. The molecule has 21 heavy (non-hydrogen) atoms. The molecule has 2 aromatic rings. The average Bonchev–Trinajstić information content (AvgIpc) is 3.08. The van der Waals surface area contributed by atoms with Crippen molar-refractivity contribution in [3.63, 3.8) is 0 Å². The number of nitrogens with zero attached hydrogens (tertiary/aromatic N) is 5. The standard InChI is InChI=1S/C15H14N6/c16-10-12-9-13(11-17)15(21-7-3-18-4-8-21)19-14(12)20-5-1-2-6-20/h1-2,5-6,9,18H,3-4,7-8H2. The molecule has 1 aliphatic rings. The van der Waals surface area contributed by atoms with E-state index in [0.717, 1.165) is 26.2 Å². The Labute approximate surface area is 122 Å². The van der Waals surface area contributed by atoms with Crippen molar-refractivity contribution in [2.24, 2.45) is 0 Å². The summed E-state index contributed by atoms with van der Waals surface area (Å²) in [6, 6.07) is 9.66. The molecule has 0 radical (unpaired) electrons. The normalized spacial score (nSPS) is 14.5. The molecule has 0 unspecified atom stereocenters. The van der Waals surface area contributed by atoms with Gasteiger partial charge in [0.1, 0.15) is 18.0 Å². The van der Waals surface area contributed by atoms with Crippen molar-refractivity contribution in [3.05, 3.63) is 41.7 Å². The summed E-state index contributed by atoms with van der Waals surface area (Å²) in [5, 5.41) is 21.9. The van der Waals surface area contributed by atoms with Crippen molar-refractivity contribution in [3.8, 4) is 18.0 Å². The van der Waals surface area contributed by atoms with Crippen molar-refractivity contribution in [1.82, 2.24) is 14.9 Å². The number of pyridine rings is 1. The molecule has 1 N–H and O–H groups in total. The van der Waals surface area contributed by atoms with Crippen LogP contribution in [0.5, 0.6) is 0 Å². The van der Waals surface area contributed by atoms with E-state index < -0.39 is 0 Å². The van der Waals surface area contributed by atoms with Crippen molar-refractivity contribution >= 4 is 5.82 Å². The fourth-order valence-electron chi connectivity index (χ4n) is 2.45. The molecular weight excluding hydrogens is 264 g/mol. The Bertz CT molecular complexity index is 714. The number of hydrogen-bond donors (Lipinski definition) is 1. The quantitative estimate of drug-likeness (QED) is 0.887. The fraction of sp³-hybridized carbons (Fsp3) is 0.267. The van der Waals surface area contributed by atoms with Gasteiger partial charge in [-0.2, -0.15) is 10.5 Å². The van der Waals surface area contributed by atoms with Gasteiger partial charge in [-0.3, -0.25) is 0 Å². The van der Waals surface area contributed by atoms with Crippen molar-refractivity contribution < 1.29 is 0 Å². The first-order valence-corrected chi connectivity index (χ1v) is 6.77. The predicted molar refractivity (Wildman–Crippen MR) is 78.1 cm³/mol. The van der Waals surface area contributed by atoms with Gasteiger partial charge in [-0.25, -0.2) is 4.98 Å². The second-order valence-electron chi connectivity index (χ2n) is 4.78.